The summed E-state index contributed by atoms with van der Waals surface area (Å²) in [6.07, 6.45) is 0. The van der Waals surface area contributed by atoms with E-state index < -0.39 is 5.79 Å². The Kier molecular flexibility index (Phi) is 7.17. The first kappa shape index (κ1) is 12.8. The van der Waals surface area contributed by atoms with Crippen molar-refractivity contribution < 1.29 is 9.47 Å². The van der Waals surface area contributed by atoms with Gasteiger partial charge < -0.3 is 20.1 Å². The zero-order valence-corrected chi connectivity index (χ0v) is 9.14. The van der Waals surface area contributed by atoms with Crippen molar-refractivity contribution in [2.75, 3.05) is 40.4 Å². The molecule has 4 heteroatoms. The van der Waals surface area contributed by atoms with Crippen molar-refractivity contribution in [3.05, 3.63) is 0 Å². The minimum absolute atomic E-state index is 0.478. The molecule has 80 valence electrons. The maximum Gasteiger partial charge on any atom is 0.162 e. The second-order valence-corrected chi connectivity index (χ2v) is 3.30. The molecule has 0 heterocycles. The lowest BCUT2D eigenvalue weighted by atomic mass is 10.4. The molecule has 0 amide bonds. The standard InChI is InChI=1S/C9H22N2O2/c1-9(2,12-7-5-10-3)13-8-6-11-4/h10-11H,5-8H2,1-4H3. The fourth-order valence-corrected chi connectivity index (χ4v) is 0.839. The van der Waals surface area contributed by atoms with Gasteiger partial charge in [0.2, 0.25) is 0 Å². The van der Waals surface area contributed by atoms with E-state index in [-0.39, 0.29) is 0 Å². The zero-order valence-electron chi connectivity index (χ0n) is 9.14. The monoisotopic (exact) mass is 190 g/mol. The van der Waals surface area contributed by atoms with Gasteiger partial charge in [0.25, 0.3) is 0 Å². The first-order valence-corrected chi connectivity index (χ1v) is 4.69. The summed E-state index contributed by atoms with van der Waals surface area (Å²) in [5.74, 6) is -0.478. The second kappa shape index (κ2) is 7.26. The van der Waals surface area contributed by atoms with Crippen molar-refractivity contribution in [1.82, 2.24) is 10.6 Å². The Balaban J connectivity index is 3.42. The molecular formula is C9H22N2O2. The highest BCUT2D eigenvalue weighted by atomic mass is 16.7. The number of hydrogen-bond acceptors (Lipinski definition) is 4. The average molecular weight is 190 g/mol. The summed E-state index contributed by atoms with van der Waals surface area (Å²) in [7, 11) is 3.80. The van der Waals surface area contributed by atoms with Crippen LogP contribution in [0.25, 0.3) is 0 Å². The summed E-state index contributed by atoms with van der Waals surface area (Å²) in [5, 5.41) is 6.03. The molecule has 0 radical (unpaired) electrons. The molecule has 0 rings (SSSR count). The number of ether oxygens (including phenoxy) is 2. The van der Waals surface area contributed by atoms with E-state index in [4.69, 9.17) is 9.47 Å². The summed E-state index contributed by atoms with van der Waals surface area (Å²) < 4.78 is 11.0. The van der Waals surface area contributed by atoms with Crippen LogP contribution in [0.2, 0.25) is 0 Å². The van der Waals surface area contributed by atoms with Crippen molar-refractivity contribution in [3.8, 4) is 0 Å². The Morgan fingerprint density at radius 2 is 1.31 bits per heavy atom. The van der Waals surface area contributed by atoms with Crippen molar-refractivity contribution in [2.45, 2.75) is 19.6 Å². The van der Waals surface area contributed by atoms with Crippen LogP contribution in [0.5, 0.6) is 0 Å². The van der Waals surface area contributed by atoms with E-state index in [1.165, 1.54) is 0 Å². The lowest BCUT2D eigenvalue weighted by molar-refractivity contribution is -0.211. The van der Waals surface area contributed by atoms with Gasteiger partial charge in [-0.2, -0.15) is 0 Å². The molecular weight excluding hydrogens is 168 g/mol. The van der Waals surface area contributed by atoms with Crippen molar-refractivity contribution in [3.63, 3.8) is 0 Å². The van der Waals surface area contributed by atoms with Gasteiger partial charge in [0.1, 0.15) is 0 Å². The lowest BCUT2D eigenvalue weighted by Gasteiger charge is -2.25. The van der Waals surface area contributed by atoms with Gasteiger partial charge in [-0.1, -0.05) is 0 Å². The first-order valence-electron chi connectivity index (χ1n) is 4.69. The predicted octanol–water partition coefficient (Wildman–Crippen LogP) is 0.195. The number of rotatable bonds is 8. The van der Waals surface area contributed by atoms with Gasteiger partial charge in [-0.05, 0) is 27.9 Å². The Morgan fingerprint density at radius 1 is 0.923 bits per heavy atom. The summed E-state index contributed by atoms with van der Waals surface area (Å²) in [6, 6.07) is 0. The topological polar surface area (TPSA) is 42.5 Å². The number of nitrogens with one attached hydrogen (secondary N) is 2. The van der Waals surface area contributed by atoms with Crippen LogP contribution >= 0.6 is 0 Å². The summed E-state index contributed by atoms with van der Waals surface area (Å²) in [4.78, 5) is 0. The van der Waals surface area contributed by atoms with E-state index >= 15 is 0 Å². The molecule has 2 N–H and O–H groups in total. The molecule has 13 heavy (non-hydrogen) atoms. The Labute approximate surface area is 81.0 Å². The van der Waals surface area contributed by atoms with Crippen LogP contribution in [0.15, 0.2) is 0 Å². The highest BCUT2D eigenvalue weighted by Gasteiger charge is 2.17. The largest absolute Gasteiger partial charge is 0.349 e. The van der Waals surface area contributed by atoms with Crippen LogP contribution in [-0.4, -0.2) is 46.2 Å². The van der Waals surface area contributed by atoms with Gasteiger partial charge in [-0.3, -0.25) is 0 Å². The Hall–Kier alpha value is -0.160. The van der Waals surface area contributed by atoms with E-state index in [2.05, 4.69) is 10.6 Å². The van der Waals surface area contributed by atoms with E-state index in [1.54, 1.807) is 0 Å². The van der Waals surface area contributed by atoms with Gasteiger partial charge in [0, 0.05) is 13.1 Å². The zero-order chi connectivity index (χ0) is 10.2. The Bertz CT molecular complexity index is 106. The smallest absolute Gasteiger partial charge is 0.162 e. The second-order valence-electron chi connectivity index (χ2n) is 3.30. The van der Waals surface area contributed by atoms with E-state index in [0.717, 1.165) is 13.1 Å². The van der Waals surface area contributed by atoms with Gasteiger partial charge in [-0.15, -0.1) is 0 Å². The molecule has 0 aromatic carbocycles. The van der Waals surface area contributed by atoms with Crippen LogP contribution in [0, 0.1) is 0 Å². The molecule has 0 spiro atoms. The Morgan fingerprint density at radius 3 is 1.62 bits per heavy atom. The minimum atomic E-state index is -0.478. The minimum Gasteiger partial charge on any atom is -0.349 e. The van der Waals surface area contributed by atoms with Gasteiger partial charge >= 0.3 is 0 Å². The maximum atomic E-state index is 5.50. The molecule has 0 saturated carbocycles. The van der Waals surface area contributed by atoms with Crippen LogP contribution in [0.3, 0.4) is 0 Å². The van der Waals surface area contributed by atoms with Gasteiger partial charge in [-0.25, -0.2) is 0 Å². The van der Waals surface area contributed by atoms with Crippen LogP contribution in [0.4, 0.5) is 0 Å². The molecule has 0 aliphatic heterocycles. The molecule has 0 atom stereocenters. The fourth-order valence-electron chi connectivity index (χ4n) is 0.839. The highest BCUT2D eigenvalue weighted by molar-refractivity contribution is 4.54. The molecule has 0 bridgehead atoms. The maximum absolute atomic E-state index is 5.50. The van der Waals surface area contributed by atoms with Crippen LogP contribution < -0.4 is 10.6 Å². The quantitative estimate of drug-likeness (QED) is 0.424. The third-order valence-corrected chi connectivity index (χ3v) is 1.60. The molecule has 0 aliphatic rings. The van der Waals surface area contributed by atoms with Crippen molar-refractivity contribution in [1.29, 1.82) is 0 Å². The number of hydrogen-bond donors (Lipinski definition) is 2. The van der Waals surface area contributed by atoms with Crippen molar-refractivity contribution >= 4 is 0 Å². The van der Waals surface area contributed by atoms with Gasteiger partial charge in [0.05, 0.1) is 13.2 Å². The summed E-state index contributed by atoms with van der Waals surface area (Å²) in [6.45, 7) is 6.89. The molecule has 0 fully saturated rings. The molecule has 0 aliphatic carbocycles. The third kappa shape index (κ3) is 8.18. The summed E-state index contributed by atoms with van der Waals surface area (Å²) in [5.41, 5.74) is 0. The average Bonchev–Trinajstić information content (AvgIpc) is 2.05. The normalized spacial score (nSPS) is 12.0. The molecule has 0 unspecified atom stereocenters. The van der Waals surface area contributed by atoms with Gasteiger partial charge in [0.15, 0.2) is 5.79 Å². The SMILES string of the molecule is CNCCOC(C)(C)OCCNC. The fraction of sp³-hybridized carbons (Fsp3) is 1.00. The highest BCUT2D eigenvalue weighted by Crippen LogP contribution is 2.09. The molecule has 0 aromatic rings. The van der Waals surface area contributed by atoms with Crippen molar-refractivity contribution in [2.24, 2.45) is 0 Å². The first-order chi connectivity index (χ1) is 6.12. The van der Waals surface area contributed by atoms with E-state index in [9.17, 15) is 0 Å². The van der Waals surface area contributed by atoms with Crippen LogP contribution in [-0.2, 0) is 9.47 Å². The van der Waals surface area contributed by atoms with Crippen LogP contribution in [0.1, 0.15) is 13.8 Å². The molecule has 0 aromatic heterocycles. The lowest BCUT2D eigenvalue weighted by Crippen LogP contribution is -2.33. The van der Waals surface area contributed by atoms with E-state index in [0.29, 0.717) is 13.2 Å². The molecule has 4 nitrogen and oxygen atoms in total. The number of likely N-dealkylation sites (N-methyl/N-ethyl adjacent to an activating group) is 2. The predicted molar refractivity (Wildman–Crippen MR) is 53.8 cm³/mol. The third-order valence-electron chi connectivity index (χ3n) is 1.60. The van der Waals surface area contributed by atoms with E-state index in [1.807, 2.05) is 27.9 Å². The summed E-state index contributed by atoms with van der Waals surface area (Å²) >= 11 is 0. The molecule has 0 saturated heterocycles.